The van der Waals surface area contributed by atoms with Gasteiger partial charge in [-0.1, -0.05) is 0 Å². The maximum absolute atomic E-state index is 13.9. The van der Waals surface area contributed by atoms with Crippen LogP contribution >= 0.6 is 0 Å². The number of hydrogen-bond acceptors (Lipinski definition) is 8. The Bertz CT molecular complexity index is 1130. The average Bonchev–Trinajstić information content (AvgIpc) is 3.45. The number of benzene rings is 1. The van der Waals surface area contributed by atoms with Gasteiger partial charge in [-0.25, -0.2) is 44.4 Å². The number of urea groups is 1. The minimum Gasteiger partial charge on any atom is -0.463 e. The van der Waals surface area contributed by atoms with Crippen LogP contribution in [0.1, 0.15) is 5.76 Å². The number of halogens is 2. The molecule has 10 nitrogen and oxygen atoms in total. The molecule has 0 radical (unpaired) electrons. The van der Waals surface area contributed by atoms with Crippen molar-refractivity contribution in [1.29, 1.82) is 0 Å². The lowest BCUT2D eigenvalue weighted by Crippen LogP contribution is -2.44. The lowest BCUT2D eigenvalue weighted by molar-refractivity contribution is 0.0871. The zero-order valence-corrected chi connectivity index (χ0v) is 16.4. The van der Waals surface area contributed by atoms with Gasteiger partial charge in [0.2, 0.25) is 6.29 Å². The molecule has 1 atom stereocenters. The quantitative estimate of drug-likeness (QED) is 0.704. The first kappa shape index (κ1) is 19.1. The summed E-state index contributed by atoms with van der Waals surface area (Å²) in [4.78, 5) is 23.4. The summed E-state index contributed by atoms with van der Waals surface area (Å²) in [5.74, 6) is 5.61. The van der Waals surface area contributed by atoms with Crippen molar-refractivity contribution < 1.29 is 18.0 Å². The van der Waals surface area contributed by atoms with Gasteiger partial charge >= 0.3 is 6.03 Å². The molecular formula is C19H18F2N8O2. The Balaban J connectivity index is 1.40. The van der Waals surface area contributed by atoms with Gasteiger partial charge in [0, 0.05) is 26.2 Å². The van der Waals surface area contributed by atoms with Crippen molar-refractivity contribution in [3.8, 4) is 0 Å². The molecule has 2 aromatic rings. The van der Waals surface area contributed by atoms with Crippen molar-refractivity contribution in [1.82, 2.24) is 19.9 Å². The molecule has 0 saturated carbocycles. The molecule has 3 N–H and O–H groups in total. The van der Waals surface area contributed by atoms with E-state index in [0.29, 0.717) is 23.0 Å². The fourth-order valence-corrected chi connectivity index (χ4v) is 3.71. The first-order chi connectivity index (χ1) is 15.0. The number of amides is 2. The largest absolute Gasteiger partial charge is 0.463 e. The van der Waals surface area contributed by atoms with E-state index < -0.39 is 17.9 Å². The maximum atomic E-state index is 13.9. The molecule has 31 heavy (non-hydrogen) atoms. The highest BCUT2D eigenvalue weighted by Gasteiger charge is 2.51. The number of amidine groups is 1. The highest BCUT2D eigenvalue weighted by atomic mass is 19.1. The summed E-state index contributed by atoms with van der Waals surface area (Å²) in [5.41, 5.74) is 1.19. The van der Waals surface area contributed by atoms with E-state index >= 15 is 0 Å². The smallest absolute Gasteiger partial charge is 0.341 e. The lowest BCUT2D eigenvalue weighted by atomic mass is 10.2. The van der Waals surface area contributed by atoms with Gasteiger partial charge in [-0.2, -0.15) is 0 Å². The average molecular weight is 428 g/mol. The van der Waals surface area contributed by atoms with E-state index in [9.17, 15) is 13.6 Å². The number of furan rings is 1. The molecule has 1 aromatic heterocycles. The molecule has 0 aliphatic carbocycles. The van der Waals surface area contributed by atoms with Gasteiger partial charge in [-0.05, 0) is 24.3 Å². The number of rotatable bonds is 5. The molecule has 2 amide bonds. The zero-order valence-electron chi connectivity index (χ0n) is 16.4. The summed E-state index contributed by atoms with van der Waals surface area (Å²) in [5, 5.41) is 7.27. The predicted molar refractivity (Wildman–Crippen MR) is 108 cm³/mol. The number of aliphatic imine (C=N–C) groups is 2. The number of fused-ring (bicyclic) bond motifs is 3. The van der Waals surface area contributed by atoms with E-state index in [2.05, 4.69) is 15.3 Å². The molecule has 0 spiro atoms. The molecule has 160 valence electrons. The van der Waals surface area contributed by atoms with Gasteiger partial charge in [0.1, 0.15) is 29.4 Å². The first-order valence-corrected chi connectivity index (χ1v) is 9.42. The van der Waals surface area contributed by atoms with Crippen molar-refractivity contribution in [2.75, 3.05) is 25.5 Å². The Morgan fingerprint density at radius 1 is 1.29 bits per heavy atom. The Morgan fingerprint density at radius 2 is 2.13 bits per heavy atom. The second-order valence-electron chi connectivity index (χ2n) is 7.02. The minimum atomic E-state index is -0.706. The third-order valence-electron chi connectivity index (χ3n) is 5.16. The topological polar surface area (TPSA) is 106 Å². The van der Waals surface area contributed by atoms with Gasteiger partial charge in [0.15, 0.2) is 11.6 Å². The number of hydrazine groups is 2. The molecule has 3 aliphatic heterocycles. The molecule has 1 fully saturated rings. The maximum Gasteiger partial charge on any atom is 0.341 e. The number of carbonyl (C=O) groups is 1. The van der Waals surface area contributed by atoms with Crippen molar-refractivity contribution in [3.05, 3.63) is 59.7 Å². The van der Waals surface area contributed by atoms with Crippen LogP contribution < -0.4 is 11.2 Å². The highest BCUT2D eigenvalue weighted by Crippen LogP contribution is 2.38. The van der Waals surface area contributed by atoms with Gasteiger partial charge in [0.25, 0.3) is 0 Å². The summed E-state index contributed by atoms with van der Waals surface area (Å²) < 4.78 is 32.4. The number of hydrogen-bond donors (Lipinski definition) is 2. The van der Waals surface area contributed by atoms with E-state index in [1.54, 1.807) is 24.2 Å². The van der Waals surface area contributed by atoms with Crippen molar-refractivity contribution in [3.63, 3.8) is 0 Å². The van der Waals surface area contributed by atoms with E-state index in [4.69, 9.17) is 10.3 Å². The fourth-order valence-electron chi connectivity index (χ4n) is 3.71. The van der Waals surface area contributed by atoms with Gasteiger partial charge < -0.3 is 9.73 Å². The Labute approximate surface area is 175 Å². The third kappa shape index (κ3) is 2.99. The Hall–Kier alpha value is -3.93. The van der Waals surface area contributed by atoms with Crippen LogP contribution in [-0.2, 0) is 0 Å². The standard InChI is InChI=1S/C19H18F2N8O2/c1-26-19(30)27(7-6-23-13-5-4-11(20)9-12(13)21)18-25-17-16(29(18)26)15(24-10-28(17)22)14-3-2-8-31-14/h2-5,8-10,18,23H,6-7,22H2,1H3. The summed E-state index contributed by atoms with van der Waals surface area (Å²) in [6.45, 7) is 0.441. The molecule has 3 aliphatic rings. The molecule has 12 heteroatoms. The summed E-state index contributed by atoms with van der Waals surface area (Å²) in [6, 6.07) is 6.47. The summed E-state index contributed by atoms with van der Waals surface area (Å²) in [6.07, 6.45) is 2.27. The van der Waals surface area contributed by atoms with Gasteiger partial charge in [-0.15, -0.1) is 0 Å². The second-order valence-corrected chi connectivity index (χ2v) is 7.02. The van der Waals surface area contributed by atoms with Crippen LogP contribution in [0.2, 0.25) is 0 Å². The molecule has 1 saturated heterocycles. The highest BCUT2D eigenvalue weighted by molar-refractivity contribution is 6.12. The number of nitrogens with zero attached hydrogens (tertiary/aromatic N) is 6. The number of nitrogens with one attached hydrogen (secondary N) is 1. The fraction of sp³-hybridized carbons (Fsp3) is 0.211. The van der Waals surface area contributed by atoms with Crippen LogP contribution in [0.25, 0.3) is 5.70 Å². The summed E-state index contributed by atoms with van der Waals surface area (Å²) >= 11 is 0. The normalized spacial score (nSPS) is 19.9. The van der Waals surface area contributed by atoms with E-state index in [0.717, 1.165) is 12.1 Å². The van der Waals surface area contributed by atoms with Crippen LogP contribution in [0.3, 0.4) is 0 Å². The Morgan fingerprint density at radius 3 is 2.87 bits per heavy atom. The molecule has 5 rings (SSSR count). The van der Waals surface area contributed by atoms with Crippen molar-refractivity contribution in [2.45, 2.75) is 6.29 Å². The van der Waals surface area contributed by atoms with Gasteiger partial charge in [0.05, 0.1) is 12.0 Å². The number of carbonyl (C=O) groups excluding carboxylic acids is 1. The van der Waals surface area contributed by atoms with E-state index in [-0.39, 0.29) is 24.8 Å². The molecule has 1 aromatic carbocycles. The molecular weight excluding hydrogens is 410 g/mol. The van der Waals surface area contributed by atoms with Crippen LogP contribution in [0, 0.1) is 11.6 Å². The SMILES string of the molecule is CN1C(=O)N(CCNc2ccc(F)cc2F)C2N=C3C(=C(c4ccco4)N=CN3N)N21. The van der Waals surface area contributed by atoms with Crippen molar-refractivity contribution in [2.24, 2.45) is 15.8 Å². The first-order valence-electron chi connectivity index (χ1n) is 9.42. The Kier molecular flexibility index (Phi) is 4.36. The number of anilines is 1. The number of nitrogens with two attached hydrogens (primary N) is 1. The van der Waals surface area contributed by atoms with Crippen LogP contribution in [0.15, 0.2) is 56.7 Å². The van der Waals surface area contributed by atoms with Crippen LogP contribution in [0.4, 0.5) is 19.3 Å². The summed E-state index contributed by atoms with van der Waals surface area (Å²) in [7, 11) is 1.62. The second kappa shape index (κ2) is 7.09. The van der Waals surface area contributed by atoms with Gasteiger partial charge in [-0.3, -0.25) is 4.90 Å². The van der Waals surface area contributed by atoms with E-state index in [1.165, 1.54) is 33.6 Å². The molecule has 4 heterocycles. The predicted octanol–water partition coefficient (Wildman–Crippen LogP) is 1.84. The third-order valence-corrected chi connectivity index (χ3v) is 5.16. The molecule has 1 unspecified atom stereocenters. The van der Waals surface area contributed by atoms with Crippen LogP contribution in [-0.4, -0.2) is 64.6 Å². The lowest BCUT2D eigenvalue weighted by Gasteiger charge is -2.28. The molecule has 0 bridgehead atoms. The zero-order chi connectivity index (χ0) is 21.7. The van der Waals surface area contributed by atoms with Crippen LogP contribution in [0.5, 0.6) is 0 Å². The van der Waals surface area contributed by atoms with E-state index in [1.807, 2.05) is 0 Å². The minimum absolute atomic E-state index is 0.147. The van der Waals surface area contributed by atoms with Crippen molar-refractivity contribution >= 4 is 29.6 Å². The monoisotopic (exact) mass is 428 g/mol.